The van der Waals surface area contributed by atoms with Gasteiger partial charge in [-0.25, -0.2) is 0 Å². The summed E-state index contributed by atoms with van der Waals surface area (Å²) in [5.41, 5.74) is 5.00. The second-order valence-electron chi connectivity index (χ2n) is 2.42. The maximum Gasteiger partial charge on any atom is 0.246 e. The van der Waals surface area contributed by atoms with Crippen molar-refractivity contribution in [2.75, 3.05) is 0 Å². The standard InChI is InChI=1S/C6H11NO2/c1-4-2-3-5(9-4)6(7)8/h4-5H,2-3H2,1H3,(H2,7,8)/t4-,5-/m1/s1. The Balaban J connectivity index is 2.39. The summed E-state index contributed by atoms with van der Waals surface area (Å²) in [6.07, 6.45) is 1.63. The van der Waals surface area contributed by atoms with Gasteiger partial charge in [-0.05, 0) is 19.8 Å². The predicted octanol–water partition coefficient (Wildman–Crippen LogP) is 0.0392. The van der Waals surface area contributed by atoms with Crippen molar-refractivity contribution in [2.45, 2.75) is 32.0 Å². The number of ether oxygens (including phenoxy) is 1. The maximum atomic E-state index is 10.4. The van der Waals surface area contributed by atoms with E-state index in [1.807, 2.05) is 6.92 Å². The number of primary amides is 1. The molecule has 2 atom stereocenters. The summed E-state index contributed by atoms with van der Waals surface area (Å²) in [5, 5.41) is 0. The van der Waals surface area contributed by atoms with Crippen molar-refractivity contribution in [1.82, 2.24) is 0 Å². The van der Waals surface area contributed by atoms with Crippen molar-refractivity contribution in [3.8, 4) is 0 Å². The van der Waals surface area contributed by atoms with E-state index in [1.54, 1.807) is 0 Å². The van der Waals surface area contributed by atoms with Crippen LogP contribution < -0.4 is 5.73 Å². The zero-order valence-corrected chi connectivity index (χ0v) is 5.46. The normalized spacial score (nSPS) is 34.8. The van der Waals surface area contributed by atoms with Crippen LogP contribution in [0.5, 0.6) is 0 Å². The van der Waals surface area contributed by atoms with Gasteiger partial charge in [0.1, 0.15) is 6.10 Å². The van der Waals surface area contributed by atoms with Crippen molar-refractivity contribution < 1.29 is 9.53 Å². The lowest BCUT2D eigenvalue weighted by Crippen LogP contribution is -2.28. The van der Waals surface area contributed by atoms with Gasteiger partial charge in [0, 0.05) is 0 Å². The molecule has 52 valence electrons. The van der Waals surface area contributed by atoms with Gasteiger partial charge in [0.05, 0.1) is 6.10 Å². The molecule has 1 heterocycles. The molecule has 0 radical (unpaired) electrons. The Bertz CT molecular complexity index is 124. The first-order valence-corrected chi connectivity index (χ1v) is 3.15. The second-order valence-corrected chi connectivity index (χ2v) is 2.42. The van der Waals surface area contributed by atoms with Gasteiger partial charge in [-0.15, -0.1) is 0 Å². The molecule has 1 amide bonds. The highest BCUT2D eigenvalue weighted by molar-refractivity contribution is 5.79. The molecular weight excluding hydrogens is 118 g/mol. The molecule has 1 rings (SSSR count). The second kappa shape index (κ2) is 2.35. The van der Waals surface area contributed by atoms with Gasteiger partial charge in [-0.3, -0.25) is 4.79 Å². The SMILES string of the molecule is C[C@@H]1CC[C@H](C(N)=O)O1. The highest BCUT2D eigenvalue weighted by Gasteiger charge is 2.25. The Morgan fingerprint density at radius 1 is 1.67 bits per heavy atom. The summed E-state index contributed by atoms with van der Waals surface area (Å²) in [7, 11) is 0. The van der Waals surface area contributed by atoms with Crippen LogP contribution in [-0.4, -0.2) is 18.1 Å². The zero-order chi connectivity index (χ0) is 6.85. The molecule has 0 aromatic heterocycles. The van der Waals surface area contributed by atoms with E-state index in [4.69, 9.17) is 10.5 Å². The van der Waals surface area contributed by atoms with Crippen molar-refractivity contribution in [3.63, 3.8) is 0 Å². The highest BCUT2D eigenvalue weighted by atomic mass is 16.5. The molecular formula is C6H11NO2. The van der Waals surface area contributed by atoms with Gasteiger partial charge in [0.15, 0.2) is 0 Å². The minimum Gasteiger partial charge on any atom is -0.367 e. The minimum atomic E-state index is -0.334. The van der Waals surface area contributed by atoms with Gasteiger partial charge < -0.3 is 10.5 Å². The van der Waals surface area contributed by atoms with Crippen molar-refractivity contribution in [1.29, 1.82) is 0 Å². The Morgan fingerprint density at radius 2 is 2.33 bits per heavy atom. The molecule has 0 aromatic rings. The lowest BCUT2D eigenvalue weighted by atomic mass is 10.2. The summed E-state index contributed by atoms with van der Waals surface area (Å²) in [6, 6.07) is 0. The number of nitrogens with two attached hydrogens (primary N) is 1. The summed E-state index contributed by atoms with van der Waals surface area (Å²) >= 11 is 0. The van der Waals surface area contributed by atoms with Crippen LogP contribution >= 0.6 is 0 Å². The third-order valence-corrected chi connectivity index (χ3v) is 1.55. The van der Waals surface area contributed by atoms with Crippen LogP contribution in [-0.2, 0) is 9.53 Å². The number of carbonyl (C=O) groups is 1. The maximum absolute atomic E-state index is 10.4. The fourth-order valence-electron chi connectivity index (χ4n) is 1.01. The van der Waals surface area contributed by atoms with Crippen molar-refractivity contribution in [3.05, 3.63) is 0 Å². The average molecular weight is 129 g/mol. The van der Waals surface area contributed by atoms with Gasteiger partial charge in [0.2, 0.25) is 5.91 Å². The van der Waals surface area contributed by atoms with Gasteiger partial charge in [-0.2, -0.15) is 0 Å². The van der Waals surface area contributed by atoms with E-state index in [2.05, 4.69) is 0 Å². The molecule has 0 aliphatic carbocycles. The molecule has 9 heavy (non-hydrogen) atoms. The third kappa shape index (κ3) is 1.42. The highest BCUT2D eigenvalue weighted by Crippen LogP contribution is 2.17. The summed E-state index contributed by atoms with van der Waals surface area (Å²) < 4.78 is 5.15. The Kier molecular flexibility index (Phi) is 1.71. The summed E-state index contributed by atoms with van der Waals surface area (Å²) in [5.74, 6) is -0.334. The Morgan fingerprint density at radius 3 is 2.56 bits per heavy atom. The summed E-state index contributed by atoms with van der Waals surface area (Å²) in [6.45, 7) is 1.95. The minimum absolute atomic E-state index is 0.211. The molecule has 0 unspecified atom stereocenters. The fourth-order valence-corrected chi connectivity index (χ4v) is 1.01. The van der Waals surface area contributed by atoms with E-state index < -0.39 is 0 Å². The number of rotatable bonds is 1. The molecule has 0 spiro atoms. The molecule has 1 aliphatic rings. The molecule has 1 aliphatic heterocycles. The molecule has 3 heteroatoms. The van der Waals surface area contributed by atoms with E-state index in [-0.39, 0.29) is 18.1 Å². The largest absolute Gasteiger partial charge is 0.367 e. The van der Waals surface area contributed by atoms with E-state index in [1.165, 1.54) is 0 Å². The number of hydrogen-bond acceptors (Lipinski definition) is 2. The predicted molar refractivity (Wildman–Crippen MR) is 32.8 cm³/mol. The monoisotopic (exact) mass is 129 g/mol. The lowest BCUT2D eigenvalue weighted by Gasteiger charge is -2.04. The quantitative estimate of drug-likeness (QED) is 0.543. The van der Waals surface area contributed by atoms with Crippen molar-refractivity contribution in [2.24, 2.45) is 5.73 Å². The molecule has 1 saturated heterocycles. The van der Waals surface area contributed by atoms with Crippen LogP contribution in [0.15, 0.2) is 0 Å². The third-order valence-electron chi connectivity index (χ3n) is 1.55. The van der Waals surface area contributed by atoms with Crippen LogP contribution in [0.2, 0.25) is 0 Å². The lowest BCUT2D eigenvalue weighted by molar-refractivity contribution is -0.128. The van der Waals surface area contributed by atoms with Gasteiger partial charge in [0.25, 0.3) is 0 Å². The first-order valence-electron chi connectivity index (χ1n) is 3.15. The van der Waals surface area contributed by atoms with Gasteiger partial charge >= 0.3 is 0 Å². The summed E-state index contributed by atoms with van der Waals surface area (Å²) in [4.78, 5) is 10.4. The van der Waals surface area contributed by atoms with Crippen LogP contribution in [0, 0.1) is 0 Å². The molecule has 3 nitrogen and oxygen atoms in total. The van der Waals surface area contributed by atoms with E-state index in [0.29, 0.717) is 0 Å². The van der Waals surface area contributed by atoms with Gasteiger partial charge in [-0.1, -0.05) is 0 Å². The number of hydrogen-bond donors (Lipinski definition) is 1. The van der Waals surface area contributed by atoms with Crippen LogP contribution in [0.3, 0.4) is 0 Å². The van der Waals surface area contributed by atoms with Crippen LogP contribution in [0.4, 0.5) is 0 Å². The van der Waals surface area contributed by atoms with Crippen LogP contribution in [0.1, 0.15) is 19.8 Å². The number of amides is 1. The zero-order valence-electron chi connectivity index (χ0n) is 5.46. The fraction of sp³-hybridized carbons (Fsp3) is 0.833. The van der Waals surface area contributed by atoms with E-state index in [9.17, 15) is 4.79 Å². The Hall–Kier alpha value is -0.570. The first-order chi connectivity index (χ1) is 4.20. The average Bonchev–Trinajstić information content (AvgIpc) is 2.14. The van der Waals surface area contributed by atoms with Crippen molar-refractivity contribution >= 4 is 5.91 Å². The smallest absolute Gasteiger partial charge is 0.246 e. The molecule has 0 bridgehead atoms. The number of carbonyl (C=O) groups excluding carboxylic acids is 1. The molecule has 2 N–H and O–H groups in total. The molecule has 1 fully saturated rings. The topological polar surface area (TPSA) is 52.3 Å². The molecule has 0 saturated carbocycles. The van der Waals surface area contributed by atoms with E-state index in [0.717, 1.165) is 12.8 Å². The van der Waals surface area contributed by atoms with Crippen LogP contribution in [0.25, 0.3) is 0 Å². The van der Waals surface area contributed by atoms with E-state index >= 15 is 0 Å². The molecule has 0 aromatic carbocycles. The first kappa shape index (κ1) is 6.55. The Labute approximate surface area is 54.2 Å².